The van der Waals surface area contributed by atoms with Crippen LogP contribution in [0, 0.1) is 6.92 Å². The van der Waals surface area contributed by atoms with Crippen molar-refractivity contribution in [2.75, 3.05) is 12.4 Å². The lowest BCUT2D eigenvalue weighted by molar-refractivity contribution is 0.0701. The normalized spacial score (nSPS) is 10.8. The molecule has 2 rings (SSSR count). The van der Waals surface area contributed by atoms with E-state index in [2.05, 4.69) is 4.98 Å². The van der Waals surface area contributed by atoms with Gasteiger partial charge in [0.05, 0.1) is 5.69 Å². The fraction of sp³-hybridized carbons (Fsp3) is 0.333. The molecular formula is C15H17NO3S2. The van der Waals surface area contributed by atoms with Crippen molar-refractivity contribution in [2.45, 2.75) is 19.1 Å². The first-order chi connectivity index (χ1) is 10.1. The zero-order valence-electron chi connectivity index (χ0n) is 11.7. The number of rotatable bonds is 7. The molecule has 0 saturated heterocycles. The summed E-state index contributed by atoms with van der Waals surface area (Å²) in [6.07, 6.45) is 0.819. The summed E-state index contributed by atoms with van der Waals surface area (Å²) in [5.41, 5.74) is 2.72. The summed E-state index contributed by atoms with van der Waals surface area (Å²) < 4.78 is 0. The molecule has 112 valence electrons. The number of nitrogens with zero attached hydrogens (tertiary/aromatic N) is 1. The molecule has 2 aromatic rings. The molecule has 1 aromatic heterocycles. The number of carboxylic acid groups (broad SMARTS) is 1. The van der Waals surface area contributed by atoms with Gasteiger partial charge in [0.15, 0.2) is 0 Å². The predicted octanol–water partition coefficient (Wildman–Crippen LogP) is 3.43. The van der Waals surface area contributed by atoms with Gasteiger partial charge in [-0.2, -0.15) is 11.8 Å². The van der Waals surface area contributed by atoms with E-state index in [1.165, 1.54) is 16.9 Å². The monoisotopic (exact) mass is 323 g/mol. The lowest BCUT2D eigenvalue weighted by Crippen LogP contribution is -1.94. The number of aryl methyl sites for hydroxylation is 1. The van der Waals surface area contributed by atoms with Gasteiger partial charge in [-0.25, -0.2) is 9.78 Å². The molecule has 0 bridgehead atoms. The van der Waals surface area contributed by atoms with Crippen LogP contribution in [0.5, 0.6) is 0 Å². The molecule has 1 heterocycles. The van der Waals surface area contributed by atoms with Gasteiger partial charge in [-0.05, 0) is 24.7 Å². The zero-order valence-corrected chi connectivity index (χ0v) is 13.3. The van der Waals surface area contributed by atoms with E-state index in [0.717, 1.165) is 28.5 Å². The fourth-order valence-electron chi connectivity index (χ4n) is 1.82. The van der Waals surface area contributed by atoms with Gasteiger partial charge >= 0.3 is 5.97 Å². The van der Waals surface area contributed by atoms with Crippen LogP contribution in [-0.2, 0) is 5.75 Å². The molecule has 0 unspecified atom stereocenters. The molecule has 1 aromatic carbocycles. The molecule has 21 heavy (non-hydrogen) atoms. The van der Waals surface area contributed by atoms with Crippen LogP contribution in [0.1, 0.15) is 27.3 Å². The molecule has 0 aliphatic carbocycles. The van der Waals surface area contributed by atoms with E-state index in [-0.39, 0.29) is 6.61 Å². The van der Waals surface area contributed by atoms with Crippen LogP contribution in [0.25, 0.3) is 10.6 Å². The number of benzene rings is 1. The zero-order chi connectivity index (χ0) is 15.2. The Balaban J connectivity index is 2.05. The molecule has 0 saturated carbocycles. The van der Waals surface area contributed by atoms with Crippen molar-refractivity contribution in [3.8, 4) is 10.6 Å². The first-order valence-electron chi connectivity index (χ1n) is 6.60. The average Bonchev–Trinajstić information content (AvgIpc) is 2.86. The first-order valence-corrected chi connectivity index (χ1v) is 8.57. The van der Waals surface area contributed by atoms with Crippen LogP contribution in [0.3, 0.4) is 0 Å². The highest BCUT2D eigenvalue weighted by Gasteiger charge is 2.14. The molecule has 2 N–H and O–H groups in total. The van der Waals surface area contributed by atoms with Crippen molar-refractivity contribution >= 4 is 29.1 Å². The van der Waals surface area contributed by atoms with Gasteiger partial charge in [0, 0.05) is 17.9 Å². The van der Waals surface area contributed by atoms with Crippen LogP contribution in [0.2, 0.25) is 0 Å². The number of aromatic nitrogens is 1. The van der Waals surface area contributed by atoms with Crippen molar-refractivity contribution < 1.29 is 15.0 Å². The van der Waals surface area contributed by atoms with E-state index in [4.69, 9.17) is 10.2 Å². The number of aromatic carboxylic acids is 1. The van der Waals surface area contributed by atoms with Gasteiger partial charge in [-0.15, -0.1) is 11.3 Å². The number of hydrogen-bond donors (Lipinski definition) is 2. The van der Waals surface area contributed by atoms with Crippen LogP contribution in [0.15, 0.2) is 24.3 Å². The van der Waals surface area contributed by atoms with Gasteiger partial charge in [0.25, 0.3) is 0 Å². The number of hydrogen-bond acceptors (Lipinski definition) is 5. The second-order valence-corrected chi connectivity index (χ2v) is 6.67. The molecule has 0 radical (unpaired) electrons. The summed E-state index contributed by atoms with van der Waals surface area (Å²) in [6, 6.07) is 8.04. The Hall–Kier alpha value is -1.37. The third-order valence-electron chi connectivity index (χ3n) is 2.91. The topological polar surface area (TPSA) is 70.4 Å². The molecule has 0 amide bonds. The van der Waals surface area contributed by atoms with E-state index in [0.29, 0.717) is 10.6 Å². The number of carboxylic acids is 1. The molecule has 0 aliphatic heterocycles. The minimum Gasteiger partial charge on any atom is -0.477 e. The Morgan fingerprint density at radius 3 is 2.62 bits per heavy atom. The van der Waals surface area contributed by atoms with E-state index in [9.17, 15) is 4.79 Å². The van der Waals surface area contributed by atoms with Gasteiger partial charge in [-0.3, -0.25) is 0 Å². The standard InChI is InChI=1S/C15H17NO3S2/c1-10-13(15(18)19)21-14(16-10)12-5-3-11(4-6-12)9-20-8-2-7-17/h3-6,17H,2,7-9H2,1H3,(H,18,19). The van der Waals surface area contributed by atoms with Crippen molar-refractivity contribution in [2.24, 2.45) is 0 Å². The first kappa shape index (κ1) is 16.0. The molecule has 0 fully saturated rings. The largest absolute Gasteiger partial charge is 0.477 e. The highest BCUT2D eigenvalue weighted by atomic mass is 32.2. The summed E-state index contributed by atoms with van der Waals surface area (Å²) in [4.78, 5) is 15.7. The average molecular weight is 323 g/mol. The SMILES string of the molecule is Cc1nc(-c2ccc(CSCCCO)cc2)sc1C(=O)O. The Morgan fingerprint density at radius 1 is 1.33 bits per heavy atom. The summed E-state index contributed by atoms with van der Waals surface area (Å²) in [5.74, 6) is 0.942. The van der Waals surface area contributed by atoms with E-state index >= 15 is 0 Å². The molecule has 0 aliphatic rings. The summed E-state index contributed by atoms with van der Waals surface area (Å²) in [5, 5.41) is 18.5. The van der Waals surface area contributed by atoms with E-state index < -0.39 is 5.97 Å². The molecule has 0 spiro atoms. The Morgan fingerprint density at radius 2 is 2.05 bits per heavy atom. The van der Waals surface area contributed by atoms with Crippen LogP contribution >= 0.6 is 23.1 Å². The van der Waals surface area contributed by atoms with E-state index in [1.807, 2.05) is 24.3 Å². The summed E-state index contributed by atoms with van der Waals surface area (Å²) >= 11 is 3.00. The molecule has 6 heteroatoms. The smallest absolute Gasteiger partial charge is 0.347 e. The highest BCUT2D eigenvalue weighted by molar-refractivity contribution is 7.98. The summed E-state index contributed by atoms with van der Waals surface area (Å²) in [6.45, 7) is 1.96. The number of thiazole rings is 1. The second kappa shape index (κ2) is 7.59. The van der Waals surface area contributed by atoms with Crippen LogP contribution in [0.4, 0.5) is 0 Å². The molecule has 0 atom stereocenters. The van der Waals surface area contributed by atoms with Crippen molar-refractivity contribution in [1.82, 2.24) is 4.98 Å². The van der Waals surface area contributed by atoms with E-state index in [1.54, 1.807) is 18.7 Å². The number of carbonyl (C=O) groups is 1. The van der Waals surface area contributed by atoms with Crippen LogP contribution in [-0.4, -0.2) is 33.5 Å². The third-order valence-corrected chi connectivity index (χ3v) is 5.22. The van der Waals surface area contributed by atoms with Gasteiger partial charge in [0.1, 0.15) is 9.88 Å². The van der Waals surface area contributed by atoms with Gasteiger partial charge in [-0.1, -0.05) is 24.3 Å². The minimum atomic E-state index is -0.923. The van der Waals surface area contributed by atoms with Crippen molar-refractivity contribution in [3.63, 3.8) is 0 Å². The maximum absolute atomic E-state index is 11.0. The van der Waals surface area contributed by atoms with Crippen LogP contribution < -0.4 is 0 Å². The Kier molecular flexibility index (Phi) is 5.78. The van der Waals surface area contributed by atoms with Gasteiger partial charge < -0.3 is 10.2 Å². The minimum absolute atomic E-state index is 0.237. The summed E-state index contributed by atoms with van der Waals surface area (Å²) in [7, 11) is 0. The molecular weight excluding hydrogens is 306 g/mol. The quantitative estimate of drug-likeness (QED) is 0.764. The Bertz CT molecular complexity index is 608. The van der Waals surface area contributed by atoms with Crippen molar-refractivity contribution in [3.05, 3.63) is 40.4 Å². The lowest BCUT2D eigenvalue weighted by atomic mass is 10.2. The number of thioether (sulfide) groups is 1. The van der Waals surface area contributed by atoms with Gasteiger partial charge in [0.2, 0.25) is 0 Å². The second-order valence-electron chi connectivity index (χ2n) is 4.57. The molecule has 4 nitrogen and oxygen atoms in total. The van der Waals surface area contributed by atoms with Crippen molar-refractivity contribution in [1.29, 1.82) is 0 Å². The number of aliphatic hydroxyl groups is 1. The maximum atomic E-state index is 11.0. The highest BCUT2D eigenvalue weighted by Crippen LogP contribution is 2.28. The lowest BCUT2D eigenvalue weighted by Gasteiger charge is -2.02. The third kappa shape index (κ3) is 4.30. The maximum Gasteiger partial charge on any atom is 0.347 e. The predicted molar refractivity (Wildman–Crippen MR) is 87.1 cm³/mol. The Labute approximate surface area is 131 Å². The number of aliphatic hydroxyl groups excluding tert-OH is 1. The fourth-order valence-corrected chi connectivity index (χ4v) is 3.63.